The first kappa shape index (κ1) is 13.7. The molecule has 4 nitrogen and oxygen atoms in total. The van der Waals surface area contributed by atoms with Gasteiger partial charge in [0.15, 0.2) is 0 Å². The van der Waals surface area contributed by atoms with Crippen molar-refractivity contribution in [1.82, 2.24) is 4.72 Å². The quantitative estimate of drug-likeness (QED) is 0.860. The summed E-state index contributed by atoms with van der Waals surface area (Å²) >= 11 is 2.64. The molecule has 0 aliphatic heterocycles. The van der Waals surface area contributed by atoms with Gasteiger partial charge < -0.3 is 5.11 Å². The SMILES string of the molecule is O=S(=O)(NCC[C@H](O)c1cccs1)c1cccs1. The van der Waals surface area contributed by atoms with Gasteiger partial charge in [-0.05, 0) is 29.3 Å². The molecule has 0 amide bonds. The molecule has 2 aromatic heterocycles. The minimum absolute atomic E-state index is 0.222. The second-order valence-electron chi connectivity index (χ2n) is 3.65. The van der Waals surface area contributed by atoms with Gasteiger partial charge in [-0.15, -0.1) is 22.7 Å². The fraction of sp³-hybridized carbons (Fsp3) is 0.273. The Morgan fingerprint density at radius 3 is 2.56 bits per heavy atom. The van der Waals surface area contributed by atoms with E-state index in [2.05, 4.69) is 4.72 Å². The number of hydrogen-bond acceptors (Lipinski definition) is 5. The number of nitrogens with one attached hydrogen (secondary N) is 1. The molecule has 0 saturated heterocycles. The molecule has 18 heavy (non-hydrogen) atoms. The van der Waals surface area contributed by atoms with Crippen LogP contribution in [0.3, 0.4) is 0 Å². The molecule has 1 atom stereocenters. The first-order valence-corrected chi connectivity index (χ1v) is 8.58. The van der Waals surface area contributed by atoms with Crippen LogP contribution in [0.1, 0.15) is 17.4 Å². The summed E-state index contributed by atoms with van der Waals surface area (Å²) in [4.78, 5) is 0.852. The summed E-state index contributed by atoms with van der Waals surface area (Å²) in [5, 5.41) is 13.4. The Labute approximate surface area is 114 Å². The number of aliphatic hydroxyl groups is 1. The molecule has 0 fully saturated rings. The highest BCUT2D eigenvalue weighted by molar-refractivity contribution is 7.91. The molecule has 0 aliphatic carbocycles. The topological polar surface area (TPSA) is 66.4 Å². The van der Waals surface area contributed by atoms with Gasteiger partial charge in [-0.2, -0.15) is 0 Å². The van der Waals surface area contributed by atoms with Crippen molar-refractivity contribution in [2.24, 2.45) is 0 Å². The average molecular weight is 303 g/mol. The van der Waals surface area contributed by atoms with Gasteiger partial charge in [-0.1, -0.05) is 12.1 Å². The van der Waals surface area contributed by atoms with E-state index in [1.165, 1.54) is 22.7 Å². The van der Waals surface area contributed by atoms with E-state index < -0.39 is 16.1 Å². The number of sulfonamides is 1. The van der Waals surface area contributed by atoms with E-state index in [1.54, 1.807) is 17.5 Å². The van der Waals surface area contributed by atoms with Gasteiger partial charge in [0.05, 0.1) is 6.10 Å². The number of hydrogen-bond donors (Lipinski definition) is 2. The molecule has 2 rings (SSSR count). The molecule has 0 saturated carbocycles. The molecular formula is C11H13NO3S3. The highest BCUT2D eigenvalue weighted by Crippen LogP contribution is 2.21. The highest BCUT2D eigenvalue weighted by Gasteiger charge is 2.15. The minimum atomic E-state index is -3.42. The summed E-state index contributed by atoms with van der Waals surface area (Å²) in [5.74, 6) is 0. The molecule has 2 N–H and O–H groups in total. The van der Waals surface area contributed by atoms with Gasteiger partial charge in [0, 0.05) is 11.4 Å². The van der Waals surface area contributed by atoms with Gasteiger partial charge in [0.1, 0.15) is 4.21 Å². The van der Waals surface area contributed by atoms with Crippen molar-refractivity contribution in [3.05, 3.63) is 39.9 Å². The van der Waals surface area contributed by atoms with Crippen molar-refractivity contribution in [3.63, 3.8) is 0 Å². The Hall–Kier alpha value is -0.730. The molecule has 2 heterocycles. The van der Waals surface area contributed by atoms with E-state index in [1.807, 2.05) is 17.5 Å². The summed E-state index contributed by atoms with van der Waals surface area (Å²) in [7, 11) is -3.42. The zero-order valence-corrected chi connectivity index (χ0v) is 11.9. The van der Waals surface area contributed by atoms with Crippen LogP contribution in [0.2, 0.25) is 0 Å². The number of aliphatic hydroxyl groups excluding tert-OH is 1. The highest BCUT2D eigenvalue weighted by atomic mass is 32.2. The molecule has 7 heteroatoms. The Kier molecular flexibility index (Phi) is 4.52. The van der Waals surface area contributed by atoms with Crippen LogP contribution in [0.5, 0.6) is 0 Å². The third kappa shape index (κ3) is 3.39. The lowest BCUT2D eigenvalue weighted by molar-refractivity contribution is 0.173. The minimum Gasteiger partial charge on any atom is -0.388 e. The average Bonchev–Trinajstić information content (AvgIpc) is 3.02. The molecule has 0 radical (unpaired) electrons. The van der Waals surface area contributed by atoms with Crippen LogP contribution >= 0.6 is 22.7 Å². The summed E-state index contributed by atoms with van der Waals surface area (Å²) in [5.41, 5.74) is 0. The predicted molar refractivity (Wildman–Crippen MR) is 73.4 cm³/mol. The monoisotopic (exact) mass is 303 g/mol. The third-order valence-corrected chi connectivity index (χ3v) is 6.17. The van der Waals surface area contributed by atoms with Crippen LogP contribution in [-0.4, -0.2) is 20.1 Å². The van der Waals surface area contributed by atoms with Crippen LogP contribution in [0.4, 0.5) is 0 Å². The molecule has 0 spiro atoms. The van der Waals surface area contributed by atoms with Crippen molar-refractivity contribution in [2.45, 2.75) is 16.7 Å². The predicted octanol–water partition coefficient (Wildman–Crippen LogP) is 2.21. The van der Waals surface area contributed by atoms with E-state index in [-0.39, 0.29) is 6.54 Å². The summed E-state index contributed by atoms with van der Waals surface area (Å²) in [6.45, 7) is 0.222. The smallest absolute Gasteiger partial charge is 0.250 e. The molecular weight excluding hydrogens is 290 g/mol. The Balaban J connectivity index is 1.86. The Bertz CT molecular complexity index is 561. The Morgan fingerprint density at radius 1 is 1.22 bits per heavy atom. The summed E-state index contributed by atoms with van der Waals surface area (Å²) in [6.07, 6.45) is -0.249. The lowest BCUT2D eigenvalue weighted by atomic mass is 10.2. The van der Waals surface area contributed by atoms with Crippen molar-refractivity contribution in [1.29, 1.82) is 0 Å². The fourth-order valence-electron chi connectivity index (χ4n) is 1.44. The van der Waals surface area contributed by atoms with Crippen molar-refractivity contribution in [3.8, 4) is 0 Å². The summed E-state index contributed by atoms with van der Waals surface area (Å²) in [6, 6.07) is 6.95. The zero-order chi connectivity index (χ0) is 13.0. The molecule has 0 unspecified atom stereocenters. The van der Waals surface area contributed by atoms with E-state index in [9.17, 15) is 13.5 Å². The maximum Gasteiger partial charge on any atom is 0.250 e. The standard InChI is InChI=1S/C11H13NO3S3/c13-9(10-3-1-7-16-10)5-6-12-18(14,15)11-4-2-8-17-11/h1-4,7-9,12-13H,5-6H2/t9-/m0/s1. The Morgan fingerprint density at radius 2 is 1.94 bits per heavy atom. The van der Waals surface area contributed by atoms with Crippen LogP contribution in [-0.2, 0) is 10.0 Å². The molecule has 0 bridgehead atoms. The van der Waals surface area contributed by atoms with E-state index in [0.29, 0.717) is 10.6 Å². The zero-order valence-electron chi connectivity index (χ0n) is 9.44. The molecule has 2 aromatic rings. The molecule has 0 aromatic carbocycles. The number of rotatable bonds is 6. The number of thiophene rings is 2. The molecule has 98 valence electrons. The fourth-order valence-corrected chi connectivity index (χ4v) is 4.27. The molecule has 0 aliphatic rings. The first-order chi connectivity index (χ1) is 8.59. The maximum atomic E-state index is 11.8. The van der Waals surface area contributed by atoms with Gasteiger partial charge >= 0.3 is 0 Å². The maximum absolute atomic E-state index is 11.8. The summed E-state index contributed by atoms with van der Waals surface area (Å²) < 4.78 is 26.3. The van der Waals surface area contributed by atoms with Crippen molar-refractivity contribution >= 4 is 32.7 Å². The van der Waals surface area contributed by atoms with Crippen LogP contribution < -0.4 is 4.72 Å². The normalized spacial score (nSPS) is 13.6. The first-order valence-electron chi connectivity index (χ1n) is 5.34. The van der Waals surface area contributed by atoms with E-state index >= 15 is 0 Å². The largest absolute Gasteiger partial charge is 0.388 e. The van der Waals surface area contributed by atoms with Gasteiger partial charge in [0.2, 0.25) is 10.0 Å². The van der Waals surface area contributed by atoms with Gasteiger partial charge in [0.25, 0.3) is 0 Å². The van der Waals surface area contributed by atoms with E-state index in [0.717, 1.165) is 4.88 Å². The van der Waals surface area contributed by atoms with Crippen LogP contribution in [0.15, 0.2) is 39.2 Å². The lowest BCUT2D eigenvalue weighted by Gasteiger charge is -2.09. The second kappa shape index (κ2) is 5.94. The van der Waals surface area contributed by atoms with Crippen LogP contribution in [0.25, 0.3) is 0 Å². The van der Waals surface area contributed by atoms with Crippen molar-refractivity contribution in [2.75, 3.05) is 6.54 Å². The van der Waals surface area contributed by atoms with Gasteiger partial charge in [-0.25, -0.2) is 13.1 Å². The van der Waals surface area contributed by atoms with Gasteiger partial charge in [-0.3, -0.25) is 0 Å². The van der Waals surface area contributed by atoms with E-state index in [4.69, 9.17) is 0 Å². The third-order valence-electron chi connectivity index (χ3n) is 2.34. The lowest BCUT2D eigenvalue weighted by Crippen LogP contribution is -2.25. The van der Waals surface area contributed by atoms with Crippen molar-refractivity contribution < 1.29 is 13.5 Å². The second-order valence-corrected chi connectivity index (χ2v) is 7.57. The van der Waals surface area contributed by atoms with Crippen LogP contribution in [0, 0.1) is 0 Å².